The molecule has 1 unspecified atom stereocenters. The summed E-state index contributed by atoms with van der Waals surface area (Å²) in [4.78, 5) is 2.03. The lowest BCUT2D eigenvalue weighted by Crippen LogP contribution is -2.35. The summed E-state index contributed by atoms with van der Waals surface area (Å²) in [5.41, 5.74) is 0.367. The van der Waals surface area contributed by atoms with Gasteiger partial charge in [0.05, 0.1) is 6.61 Å². The highest BCUT2D eigenvalue weighted by atomic mass is 19.2. The molecular formula is C14H22F2N2O. The quantitative estimate of drug-likeness (QED) is 0.785. The molecule has 1 N–H and O–H groups in total. The highest BCUT2D eigenvalue weighted by Crippen LogP contribution is 2.20. The summed E-state index contributed by atoms with van der Waals surface area (Å²) < 4.78 is 32.1. The van der Waals surface area contributed by atoms with Crippen LogP contribution >= 0.6 is 0 Å². The van der Waals surface area contributed by atoms with Gasteiger partial charge < -0.3 is 15.0 Å². The standard InChI is InChI=1S/C14H22F2N2O/c1-4-17-13(10-18(2)8-9-19-3)11-6-5-7-12(15)14(11)16/h5-7,13,17H,4,8-10H2,1-3H3. The van der Waals surface area contributed by atoms with Crippen LogP contribution in [0.5, 0.6) is 0 Å². The first-order valence-corrected chi connectivity index (χ1v) is 6.44. The smallest absolute Gasteiger partial charge is 0.163 e. The molecule has 1 atom stereocenters. The molecule has 0 bridgehead atoms. The SMILES string of the molecule is CCNC(CN(C)CCOC)c1cccc(F)c1F. The Bertz CT molecular complexity index is 388. The zero-order valence-electron chi connectivity index (χ0n) is 11.7. The average molecular weight is 272 g/mol. The third-order valence-electron chi connectivity index (χ3n) is 2.98. The summed E-state index contributed by atoms with van der Waals surface area (Å²) in [6, 6.07) is 4.06. The molecule has 1 aromatic rings. The predicted octanol–water partition coefficient (Wildman–Crippen LogP) is 2.19. The van der Waals surface area contributed by atoms with Crippen molar-refractivity contribution in [3.63, 3.8) is 0 Å². The van der Waals surface area contributed by atoms with Crippen LogP contribution in [0.2, 0.25) is 0 Å². The maximum Gasteiger partial charge on any atom is 0.163 e. The van der Waals surface area contributed by atoms with Gasteiger partial charge in [-0.05, 0) is 19.7 Å². The minimum absolute atomic E-state index is 0.234. The highest BCUT2D eigenvalue weighted by Gasteiger charge is 2.18. The van der Waals surface area contributed by atoms with Gasteiger partial charge in [-0.25, -0.2) is 8.78 Å². The Kier molecular flexibility index (Phi) is 6.91. The van der Waals surface area contributed by atoms with Crippen molar-refractivity contribution in [1.29, 1.82) is 0 Å². The van der Waals surface area contributed by atoms with Crippen molar-refractivity contribution in [3.05, 3.63) is 35.4 Å². The Labute approximate surface area is 113 Å². The molecule has 0 aromatic heterocycles. The predicted molar refractivity (Wildman–Crippen MR) is 72.1 cm³/mol. The van der Waals surface area contributed by atoms with Gasteiger partial charge >= 0.3 is 0 Å². The number of ether oxygens (including phenoxy) is 1. The summed E-state index contributed by atoms with van der Waals surface area (Å²) >= 11 is 0. The molecule has 0 fully saturated rings. The van der Waals surface area contributed by atoms with Crippen molar-refractivity contribution in [3.8, 4) is 0 Å². The summed E-state index contributed by atoms with van der Waals surface area (Å²) in [5.74, 6) is -1.58. The van der Waals surface area contributed by atoms with Crippen LogP contribution in [-0.4, -0.2) is 45.3 Å². The Morgan fingerprint density at radius 3 is 2.74 bits per heavy atom. The second-order valence-corrected chi connectivity index (χ2v) is 4.51. The van der Waals surface area contributed by atoms with E-state index in [0.717, 1.165) is 12.6 Å². The molecule has 0 radical (unpaired) electrons. The molecule has 19 heavy (non-hydrogen) atoms. The molecule has 0 saturated heterocycles. The van der Waals surface area contributed by atoms with E-state index in [2.05, 4.69) is 5.32 Å². The number of halogens is 2. The van der Waals surface area contributed by atoms with Crippen molar-refractivity contribution in [2.24, 2.45) is 0 Å². The van der Waals surface area contributed by atoms with E-state index in [9.17, 15) is 8.78 Å². The number of likely N-dealkylation sites (N-methyl/N-ethyl adjacent to an activating group) is 2. The summed E-state index contributed by atoms with van der Waals surface area (Å²) in [6.45, 7) is 4.59. The molecule has 0 aliphatic rings. The molecule has 3 nitrogen and oxygen atoms in total. The van der Waals surface area contributed by atoms with Crippen LogP contribution in [-0.2, 0) is 4.74 Å². The fourth-order valence-electron chi connectivity index (χ4n) is 1.96. The molecule has 0 aliphatic heterocycles. The van der Waals surface area contributed by atoms with Gasteiger partial charge in [0, 0.05) is 31.8 Å². The second kappa shape index (κ2) is 8.19. The monoisotopic (exact) mass is 272 g/mol. The van der Waals surface area contributed by atoms with Gasteiger partial charge in [0.25, 0.3) is 0 Å². The lowest BCUT2D eigenvalue weighted by atomic mass is 10.1. The zero-order valence-corrected chi connectivity index (χ0v) is 11.7. The number of hydrogen-bond donors (Lipinski definition) is 1. The fraction of sp³-hybridized carbons (Fsp3) is 0.571. The van der Waals surface area contributed by atoms with Crippen LogP contribution in [0.25, 0.3) is 0 Å². The van der Waals surface area contributed by atoms with Crippen LogP contribution in [0.3, 0.4) is 0 Å². The van der Waals surface area contributed by atoms with Crippen LogP contribution in [0, 0.1) is 11.6 Å². The van der Waals surface area contributed by atoms with Crippen LogP contribution in [0.4, 0.5) is 8.78 Å². The van der Waals surface area contributed by atoms with Crippen molar-refractivity contribution < 1.29 is 13.5 Å². The van der Waals surface area contributed by atoms with E-state index in [1.165, 1.54) is 6.07 Å². The van der Waals surface area contributed by atoms with Gasteiger partial charge in [-0.2, -0.15) is 0 Å². The van der Waals surface area contributed by atoms with E-state index in [-0.39, 0.29) is 6.04 Å². The van der Waals surface area contributed by atoms with Crippen LogP contribution < -0.4 is 5.32 Å². The molecule has 0 amide bonds. The molecule has 108 valence electrons. The maximum absolute atomic E-state index is 13.8. The number of nitrogens with one attached hydrogen (secondary N) is 1. The maximum atomic E-state index is 13.8. The lowest BCUT2D eigenvalue weighted by Gasteiger charge is -2.25. The van der Waals surface area contributed by atoms with Gasteiger partial charge in [-0.15, -0.1) is 0 Å². The zero-order chi connectivity index (χ0) is 14.3. The fourth-order valence-corrected chi connectivity index (χ4v) is 1.96. The molecule has 1 rings (SSSR count). The van der Waals surface area contributed by atoms with Gasteiger partial charge in [0.1, 0.15) is 0 Å². The number of hydrogen-bond acceptors (Lipinski definition) is 3. The Morgan fingerprint density at radius 1 is 1.37 bits per heavy atom. The van der Waals surface area contributed by atoms with E-state index in [1.807, 2.05) is 18.9 Å². The third kappa shape index (κ3) is 4.86. The minimum atomic E-state index is -0.806. The Hall–Kier alpha value is -1.04. The first kappa shape index (κ1) is 16.0. The van der Waals surface area contributed by atoms with Crippen LogP contribution in [0.15, 0.2) is 18.2 Å². The summed E-state index contributed by atoms with van der Waals surface area (Å²) in [6.07, 6.45) is 0. The van der Waals surface area contributed by atoms with Gasteiger partial charge in [-0.3, -0.25) is 0 Å². The minimum Gasteiger partial charge on any atom is -0.383 e. The molecule has 0 heterocycles. The number of methoxy groups -OCH3 is 1. The average Bonchev–Trinajstić information content (AvgIpc) is 2.39. The van der Waals surface area contributed by atoms with E-state index in [4.69, 9.17) is 4.74 Å². The van der Waals surface area contributed by atoms with E-state index in [0.29, 0.717) is 25.3 Å². The molecular weight excluding hydrogens is 250 g/mol. The van der Waals surface area contributed by atoms with E-state index in [1.54, 1.807) is 13.2 Å². The molecule has 0 saturated carbocycles. The first-order chi connectivity index (χ1) is 9.10. The van der Waals surface area contributed by atoms with E-state index >= 15 is 0 Å². The molecule has 5 heteroatoms. The Morgan fingerprint density at radius 2 is 2.11 bits per heavy atom. The first-order valence-electron chi connectivity index (χ1n) is 6.44. The van der Waals surface area contributed by atoms with Crippen molar-refractivity contribution in [2.45, 2.75) is 13.0 Å². The summed E-state index contributed by atoms with van der Waals surface area (Å²) in [7, 11) is 3.57. The number of benzene rings is 1. The van der Waals surface area contributed by atoms with Gasteiger partial charge in [0.15, 0.2) is 11.6 Å². The number of rotatable bonds is 8. The highest BCUT2D eigenvalue weighted by molar-refractivity contribution is 5.23. The molecule has 0 aliphatic carbocycles. The number of nitrogens with zero attached hydrogens (tertiary/aromatic N) is 1. The van der Waals surface area contributed by atoms with Crippen molar-refractivity contribution >= 4 is 0 Å². The second-order valence-electron chi connectivity index (χ2n) is 4.51. The normalized spacial score (nSPS) is 12.9. The van der Waals surface area contributed by atoms with Crippen molar-refractivity contribution in [2.75, 3.05) is 40.4 Å². The van der Waals surface area contributed by atoms with E-state index < -0.39 is 11.6 Å². The Balaban J connectivity index is 2.79. The lowest BCUT2D eigenvalue weighted by molar-refractivity contribution is 0.155. The summed E-state index contributed by atoms with van der Waals surface area (Å²) in [5, 5.41) is 3.19. The van der Waals surface area contributed by atoms with Gasteiger partial charge in [0.2, 0.25) is 0 Å². The largest absolute Gasteiger partial charge is 0.383 e. The third-order valence-corrected chi connectivity index (χ3v) is 2.98. The molecule has 1 aromatic carbocycles. The van der Waals surface area contributed by atoms with Gasteiger partial charge in [-0.1, -0.05) is 19.1 Å². The van der Waals surface area contributed by atoms with Crippen LogP contribution in [0.1, 0.15) is 18.5 Å². The van der Waals surface area contributed by atoms with Crippen molar-refractivity contribution in [1.82, 2.24) is 10.2 Å². The topological polar surface area (TPSA) is 24.5 Å². The molecule has 0 spiro atoms.